The van der Waals surface area contributed by atoms with E-state index in [1.54, 1.807) is 6.92 Å². The standard InChI is InChI=1S/C12H14F2N4O2/c1-6-11(16)18(5-17-6)8-3-7(20-12(13)14)4-9(19-2)10(8)15/h3-5,12H,15-16H2,1-2H3. The molecule has 2 aromatic rings. The number of ether oxygens (including phenoxy) is 2. The van der Waals surface area contributed by atoms with E-state index >= 15 is 0 Å². The summed E-state index contributed by atoms with van der Waals surface area (Å²) >= 11 is 0. The van der Waals surface area contributed by atoms with Gasteiger partial charge in [-0.1, -0.05) is 0 Å². The van der Waals surface area contributed by atoms with E-state index in [0.29, 0.717) is 17.2 Å². The molecule has 108 valence electrons. The summed E-state index contributed by atoms with van der Waals surface area (Å²) in [5.74, 6) is 0.489. The summed E-state index contributed by atoms with van der Waals surface area (Å²) < 4.78 is 35.6. The number of aromatic nitrogens is 2. The van der Waals surface area contributed by atoms with Gasteiger partial charge in [0.25, 0.3) is 0 Å². The molecule has 8 heteroatoms. The second kappa shape index (κ2) is 5.24. The number of rotatable bonds is 4. The summed E-state index contributed by atoms with van der Waals surface area (Å²) in [6, 6.07) is 2.63. The number of hydrogen-bond donors (Lipinski definition) is 2. The van der Waals surface area contributed by atoms with E-state index in [-0.39, 0.29) is 17.2 Å². The molecule has 0 atom stereocenters. The highest BCUT2D eigenvalue weighted by Gasteiger charge is 2.16. The van der Waals surface area contributed by atoms with Crippen LogP contribution in [-0.4, -0.2) is 23.3 Å². The molecule has 0 radical (unpaired) electrons. The number of nitrogen functional groups attached to an aromatic ring is 2. The number of anilines is 2. The molecule has 0 fully saturated rings. The molecule has 0 aliphatic heterocycles. The van der Waals surface area contributed by atoms with E-state index in [4.69, 9.17) is 16.2 Å². The molecule has 2 rings (SSSR count). The van der Waals surface area contributed by atoms with Crippen LogP contribution in [0.25, 0.3) is 5.69 Å². The molecule has 0 spiro atoms. The van der Waals surface area contributed by atoms with E-state index in [9.17, 15) is 8.78 Å². The lowest BCUT2D eigenvalue weighted by molar-refractivity contribution is -0.0499. The number of benzene rings is 1. The highest BCUT2D eigenvalue weighted by Crippen LogP contribution is 2.35. The van der Waals surface area contributed by atoms with Crippen molar-refractivity contribution in [3.05, 3.63) is 24.2 Å². The van der Waals surface area contributed by atoms with Crippen molar-refractivity contribution in [3.8, 4) is 17.2 Å². The van der Waals surface area contributed by atoms with Gasteiger partial charge in [0.15, 0.2) is 0 Å². The van der Waals surface area contributed by atoms with Crippen LogP contribution in [0.2, 0.25) is 0 Å². The minimum atomic E-state index is -2.95. The van der Waals surface area contributed by atoms with Gasteiger partial charge in [-0.05, 0) is 6.92 Å². The zero-order valence-electron chi connectivity index (χ0n) is 10.9. The maximum atomic E-state index is 12.3. The zero-order chi connectivity index (χ0) is 14.9. The lowest BCUT2D eigenvalue weighted by Crippen LogP contribution is -2.07. The SMILES string of the molecule is COc1cc(OC(F)F)cc(-n2cnc(C)c2N)c1N. The highest BCUT2D eigenvalue weighted by molar-refractivity contribution is 5.71. The van der Waals surface area contributed by atoms with E-state index < -0.39 is 6.61 Å². The molecule has 0 aliphatic rings. The Morgan fingerprint density at radius 1 is 1.30 bits per heavy atom. The quantitative estimate of drug-likeness (QED) is 0.838. The predicted octanol–water partition coefficient (Wildman–Crippen LogP) is 1.96. The fourth-order valence-corrected chi connectivity index (χ4v) is 1.77. The number of methoxy groups -OCH3 is 1. The summed E-state index contributed by atoms with van der Waals surface area (Å²) in [7, 11) is 1.38. The Morgan fingerprint density at radius 2 is 2.00 bits per heavy atom. The van der Waals surface area contributed by atoms with Crippen LogP contribution in [0.4, 0.5) is 20.3 Å². The normalized spacial score (nSPS) is 10.8. The van der Waals surface area contributed by atoms with Crippen molar-refractivity contribution < 1.29 is 18.3 Å². The van der Waals surface area contributed by atoms with Crippen LogP contribution < -0.4 is 20.9 Å². The third-order valence-corrected chi connectivity index (χ3v) is 2.80. The minimum Gasteiger partial charge on any atom is -0.494 e. The van der Waals surface area contributed by atoms with Gasteiger partial charge >= 0.3 is 6.61 Å². The maximum Gasteiger partial charge on any atom is 0.387 e. The topological polar surface area (TPSA) is 88.3 Å². The van der Waals surface area contributed by atoms with Gasteiger partial charge < -0.3 is 20.9 Å². The highest BCUT2D eigenvalue weighted by atomic mass is 19.3. The third-order valence-electron chi connectivity index (χ3n) is 2.80. The molecule has 6 nitrogen and oxygen atoms in total. The number of aryl methyl sites for hydroxylation is 1. The van der Waals surface area contributed by atoms with Crippen LogP contribution in [-0.2, 0) is 0 Å². The summed E-state index contributed by atoms with van der Waals surface area (Å²) in [6.07, 6.45) is 1.45. The Morgan fingerprint density at radius 3 is 2.50 bits per heavy atom. The van der Waals surface area contributed by atoms with E-state index in [2.05, 4.69) is 9.72 Å². The first kappa shape index (κ1) is 13.9. The molecule has 20 heavy (non-hydrogen) atoms. The summed E-state index contributed by atoms with van der Waals surface area (Å²) in [4.78, 5) is 4.03. The van der Waals surface area contributed by atoms with Gasteiger partial charge in [0.2, 0.25) is 0 Å². The van der Waals surface area contributed by atoms with E-state index in [1.807, 2.05) is 0 Å². The Hall–Kier alpha value is -2.51. The molecule has 1 aromatic carbocycles. The first-order valence-corrected chi connectivity index (χ1v) is 5.66. The van der Waals surface area contributed by atoms with E-state index in [1.165, 1.54) is 30.1 Å². The average molecular weight is 284 g/mol. The summed E-state index contributed by atoms with van der Waals surface area (Å²) in [5.41, 5.74) is 13.0. The summed E-state index contributed by atoms with van der Waals surface area (Å²) in [6.45, 7) is -1.23. The number of halogens is 2. The van der Waals surface area contributed by atoms with Crippen molar-refractivity contribution in [2.24, 2.45) is 0 Å². The van der Waals surface area contributed by atoms with Crippen LogP contribution >= 0.6 is 0 Å². The smallest absolute Gasteiger partial charge is 0.387 e. The van der Waals surface area contributed by atoms with E-state index in [0.717, 1.165) is 0 Å². The Labute approximate surface area is 113 Å². The second-order valence-corrected chi connectivity index (χ2v) is 4.02. The van der Waals surface area contributed by atoms with Crippen LogP contribution in [0, 0.1) is 6.92 Å². The lowest BCUT2D eigenvalue weighted by Gasteiger charge is -2.15. The molecule has 0 unspecified atom stereocenters. The van der Waals surface area contributed by atoms with Crippen LogP contribution in [0.1, 0.15) is 5.69 Å². The van der Waals surface area contributed by atoms with Crippen LogP contribution in [0.3, 0.4) is 0 Å². The fourth-order valence-electron chi connectivity index (χ4n) is 1.77. The van der Waals surface area contributed by atoms with Crippen molar-refractivity contribution in [1.82, 2.24) is 9.55 Å². The predicted molar refractivity (Wildman–Crippen MR) is 70.3 cm³/mol. The van der Waals surface area contributed by atoms with Crippen molar-refractivity contribution >= 4 is 11.5 Å². The Bertz CT molecular complexity index is 628. The molecular weight excluding hydrogens is 270 g/mol. The largest absolute Gasteiger partial charge is 0.494 e. The number of nitrogens with two attached hydrogens (primary N) is 2. The van der Waals surface area contributed by atoms with Gasteiger partial charge in [0.05, 0.1) is 24.2 Å². The summed E-state index contributed by atoms with van der Waals surface area (Å²) in [5, 5.41) is 0. The van der Waals surface area contributed by atoms with Gasteiger partial charge in [-0.2, -0.15) is 8.78 Å². The van der Waals surface area contributed by atoms with Crippen LogP contribution in [0.15, 0.2) is 18.5 Å². The third kappa shape index (κ3) is 2.44. The number of imidazole rings is 1. The molecule has 1 heterocycles. The average Bonchev–Trinajstić information content (AvgIpc) is 2.71. The Kier molecular flexibility index (Phi) is 3.64. The monoisotopic (exact) mass is 284 g/mol. The van der Waals surface area contributed by atoms with Gasteiger partial charge in [0.1, 0.15) is 23.6 Å². The molecule has 0 saturated heterocycles. The first-order chi connectivity index (χ1) is 9.43. The molecule has 0 amide bonds. The lowest BCUT2D eigenvalue weighted by atomic mass is 10.2. The zero-order valence-corrected chi connectivity index (χ0v) is 10.9. The molecule has 4 N–H and O–H groups in total. The van der Waals surface area contributed by atoms with Gasteiger partial charge in [0, 0.05) is 12.1 Å². The van der Waals surface area contributed by atoms with Gasteiger partial charge in [-0.15, -0.1) is 0 Å². The molecular formula is C12H14F2N4O2. The van der Waals surface area contributed by atoms with Crippen molar-refractivity contribution in [3.63, 3.8) is 0 Å². The second-order valence-electron chi connectivity index (χ2n) is 4.02. The maximum absolute atomic E-state index is 12.3. The first-order valence-electron chi connectivity index (χ1n) is 5.66. The number of nitrogens with zero attached hydrogens (tertiary/aromatic N) is 2. The van der Waals surface area contributed by atoms with Crippen molar-refractivity contribution in [1.29, 1.82) is 0 Å². The van der Waals surface area contributed by atoms with Crippen molar-refractivity contribution in [2.75, 3.05) is 18.6 Å². The number of hydrogen-bond acceptors (Lipinski definition) is 5. The molecule has 0 saturated carbocycles. The van der Waals surface area contributed by atoms with Crippen molar-refractivity contribution in [2.45, 2.75) is 13.5 Å². The Balaban J connectivity index is 2.59. The van der Waals surface area contributed by atoms with Gasteiger partial charge in [-0.25, -0.2) is 4.98 Å². The molecule has 1 aromatic heterocycles. The minimum absolute atomic E-state index is 0.0770. The van der Waals surface area contributed by atoms with Gasteiger partial charge in [-0.3, -0.25) is 4.57 Å². The fraction of sp³-hybridized carbons (Fsp3) is 0.250. The molecule has 0 aliphatic carbocycles. The molecule has 0 bridgehead atoms. The van der Waals surface area contributed by atoms with Crippen LogP contribution in [0.5, 0.6) is 11.5 Å². The number of alkyl halides is 2.